The molecule has 6 nitrogen and oxygen atoms in total. The van der Waals surface area contributed by atoms with Crippen LogP contribution in [0, 0.1) is 41.7 Å². The fourth-order valence-electron chi connectivity index (χ4n) is 1.14. The topological polar surface area (TPSA) is 112 Å². The van der Waals surface area contributed by atoms with Crippen LogP contribution in [0.2, 0.25) is 0 Å². The summed E-state index contributed by atoms with van der Waals surface area (Å²) in [6.07, 6.45) is 0. The fourth-order valence-corrected chi connectivity index (χ4v) is 1.14. The van der Waals surface area contributed by atoms with Gasteiger partial charge >= 0.3 is 17.9 Å². The first kappa shape index (κ1) is 15.0. The first-order valence-electron chi connectivity index (χ1n) is 3.78. The summed E-state index contributed by atoms with van der Waals surface area (Å²) < 4.78 is 0. The number of carboxylic acids is 3. The average Bonchev–Trinajstić information content (AvgIpc) is 2.16. The molecule has 0 aliphatic heterocycles. The number of hydrogen-bond acceptors (Lipinski definition) is 3. The molecule has 16 heavy (non-hydrogen) atoms. The second-order valence-electron chi connectivity index (χ2n) is 2.64. The minimum Gasteiger partial charge on any atom is -0.478 e. The van der Waals surface area contributed by atoms with Crippen molar-refractivity contribution >= 4 is 17.9 Å². The van der Waals surface area contributed by atoms with Crippen molar-refractivity contribution in [2.75, 3.05) is 0 Å². The van der Waals surface area contributed by atoms with Crippen LogP contribution in [0.1, 0.15) is 31.1 Å². The van der Waals surface area contributed by atoms with Gasteiger partial charge in [-0.25, -0.2) is 14.4 Å². The molecule has 1 aromatic carbocycles. The molecule has 0 aliphatic rings. The minimum atomic E-state index is -1.58. The predicted octanol–water partition coefficient (Wildman–Crippen LogP) is 0.781. The molecule has 0 radical (unpaired) electrons. The molecule has 82 valence electrons. The molecule has 0 saturated heterocycles. The number of rotatable bonds is 3. The van der Waals surface area contributed by atoms with Crippen LogP contribution in [0.3, 0.4) is 0 Å². The number of carbonyl (C=O) groups is 3. The zero-order valence-electron chi connectivity index (χ0n) is 7.80. The number of hydrogen-bond donors (Lipinski definition) is 3. The van der Waals surface area contributed by atoms with Gasteiger partial charge in [0, 0.05) is 41.7 Å². The second-order valence-corrected chi connectivity index (χ2v) is 2.64. The molecule has 7 heteroatoms. The summed E-state index contributed by atoms with van der Waals surface area (Å²) >= 11 is 0. The van der Waals surface area contributed by atoms with Crippen molar-refractivity contribution in [3.8, 4) is 0 Å². The Morgan fingerprint density at radius 1 is 0.812 bits per heavy atom. The van der Waals surface area contributed by atoms with E-state index in [1.54, 1.807) is 0 Å². The van der Waals surface area contributed by atoms with Gasteiger partial charge in [-0.2, -0.15) is 0 Å². The van der Waals surface area contributed by atoms with Gasteiger partial charge in [0.2, 0.25) is 0 Å². The smallest absolute Gasteiger partial charge is 0.337 e. The Balaban J connectivity index is 0.00000225. The van der Waals surface area contributed by atoms with Gasteiger partial charge in [0.25, 0.3) is 0 Å². The molecule has 0 unspecified atom stereocenters. The van der Waals surface area contributed by atoms with Crippen molar-refractivity contribution in [1.82, 2.24) is 0 Å². The molecular formula is C9H6CeO6. The van der Waals surface area contributed by atoms with Crippen molar-refractivity contribution in [3.05, 3.63) is 34.9 Å². The molecule has 0 bridgehead atoms. The average molecular weight is 350 g/mol. The summed E-state index contributed by atoms with van der Waals surface area (Å²) in [4.78, 5) is 32.0. The first-order valence-corrected chi connectivity index (χ1v) is 3.78. The van der Waals surface area contributed by atoms with Crippen molar-refractivity contribution in [2.45, 2.75) is 0 Å². The van der Waals surface area contributed by atoms with E-state index >= 15 is 0 Å². The zero-order valence-corrected chi connectivity index (χ0v) is 10.9. The summed E-state index contributed by atoms with van der Waals surface area (Å²) in [5, 5.41) is 26.0. The summed E-state index contributed by atoms with van der Waals surface area (Å²) in [5.41, 5.74) is -1.79. The van der Waals surface area contributed by atoms with Gasteiger partial charge in [-0.1, -0.05) is 6.07 Å². The molecule has 0 saturated carbocycles. The van der Waals surface area contributed by atoms with Crippen LogP contribution in [0.4, 0.5) is 0 Å². The van der Waals surface area contributed by atoms with Crippen molar-refractivity contribution in [3.63, 3.8) is 0 Å². The summed E-state index contributed by atoms with van der Waals surface area (Å²) in [7, 11) is 0. The third-order valence-corrected chi connectivity index (χ3v) is 1.74. The van der Waals surface area contributed by atoms with Crippen molar-refractivity contribution < 1.29 is 71.5 Å². The normalized spacial score (nSPS) is 9.00. The summed E-state index contributed by atoms with van der Waals surface area (Å²) in [6.45, 7) is 0. The van der Waals surface area contributed by atoms with Crippen LogP contribution in [0.15, 0.2) is 18.2 Å². The van der Waals surface area contributed by atoms with E-state index in [0.717, 1.165) is 12.1 Å². The molecule has 0 spiro atoms. The van der Waals surface area contributed by atoms with Crippen molar-refractivity contribution in [2.24, 2.45) is 0 Å². The van der Waals surface area contributed by atoms with Gasteiger partial charge in [0.05, 0.1) is 16.7 Å². The molecule has 0 atom stereocenters. The largest absolute Gasteiger partial charge is 0.478 e. The maximum atomic E-state index is 10.7. The monoisotopic (exact) mass is 350 g/mol. The standard InChI is InChI=1S/C9H6O6.Ce/c10-7(11)4-2-1-3-5(8(12)13)6(4)9(14)15;/h1-3H,(H,10,11)(H,12,13)(H,14,15);. The van der Waals surface area contributed by atoms with E-state index in [0.29, 0.717) is 0 Å². The Bertz CT molecular complexity index is 421. The van der Waals surface area contributed by atoms with E-state index in [-0.39, 0.29) is 41.7 Å². The van der Waals surface area contributed by atoms with Gasteiger partial charge in [-0.05, 0) is 12.1 Å². The second kappa shape index (κ2) is 5.92. The van der Waals surface area contributed by atoms with E-state index in [2.05, 4.69) is 0 Å². The predicted molar refractivity (Wildman–Crippen MR) is 47.3 cm³/mol. The van der Waals surface area contributed by atoms with Gasteiger partial charge in [-0.3, -0.25) is 0 Å². The molecule has 0 heterocycles. The van der Waals surface area contributed by atoms with E-state index in [4.69, 9.17) is 15.3 Å². The maximum Gasteiger partial charge on any atom is 0.337 e. The van der Waals surface area contributed by atoms with Crippen LogP contribution in [-0.4, -0.2) is 33.2 Å². The summed E-state index contributed by atoms with van der Waals surface area (Å²) in [5.74, 6) is -4.53. The molecule has 0 fully saturated rings. The van der Waals surface area contributed by atoms with Crippen molar-refractivity contribution in [1.29, 1.82) is 0 Å². The van der Waals surface area contributed by atoms with E-state index in [1.807, 2.05) is 0 Å². The Kier molecular flexibility index (Phi) is 5.55. The van der Waals surface area contributed by atoms with Crippen LogP contribution in [-0.2, 0) is 0 Å². The number of carboxylic acid groups (broad SMARTS) is 3. The van der Waals surface area contributed by atoms with E-state index < -0.39 is 34.6 Å². The Morgan fingerprint density at radius 3 is 1.44 bits per heavy atom. The van der Waals surface area contributed by atoms with Crippen LogP contribution < -0.4 is 0 Å². The maximum absolute atomic E-state index is 10.7. The third kappa shape index (κ3) is 3.00. The Labute approximate surface area is 123 Å². The first-order chi connectivity index (χ1) is 6.95. The zero-order chi connectivity index (χ0) is 11.6. The molecule has 1 rings (SSSR count). The summed E-state index contributed by atoms with van der Waals surface area (Å²) in [6, 6.07) is 3.26. The molecule has 0 aromatic heterocycles. The molecule has 0 aliphatic carbocycles. The van der Waals surface area contributed by atoms with Crippen LogP contribution in [0.25, 0.3) is 0 Å². The molecule has 0 amide bonds. The van der Waals surface area contributed by atoms with E-state index in [9.17, 15) is 14.4 Å². The minimum absolute atomic E-state index is 0. The van der Waals surface area contributed by atoms with Gasteiger partial charge in [0.1, 0.15) is 0 Å². The fraction of sp³-hybridized carbons (Fsp3) is 0. The van der Waals surface area contributed by atoms with Gasteiger partial charge < -0.3 is 15.3 Å². The van der Waals surface area contributed by atoms with Gasteiger partial charge in [-0.15, -0.1) is 0 Å². The Hall–Kier alpha value is -0.993. The van der Waals surface area contributed by atoms with Crippen LogP contribution in [0.5, 0.6) is 0 Å². The molecule has 1 aromatic rings. The SMILES string of the molecule is O=C(O)c1cccc(C(=O)O)c1C(=O)O.[Ce]. The quantitative estimate of drug-likeness (QED) is 0.743. The van der Waals surface area contributed by atoms with Gasteiger partial charge in [0.15, 0.2) is 0 Å². The molecule has 3 N–H and O–H groups in total. The molecular weight excluding hydrogens is 344 g/mol. The third-order valence-electron chi connectivity index (χ3n) is 1.74. The number of aromatic carboxylic acids is 3. The Morgan fingerprint density at radius 2 is 1.19 bits per heavy atom. The van der Waals surface area contributed by atoms with E-state index in [1.165, 1.54) is 6.07 Å². The van der Waals surface area contributed by atoms with Crippen LogP contribution >= 0.6 is 0 Å². The number of benzene rings is 1.